The highest BCUT2D eigenvalue weighted by Gasteiger charge is 2.31. The van der Waals surface area contributed by atoms with Gasteiger partial charge in [0.1, 0.15) is 5.71 Å². The number of aliphatic imine (C=N–C) groups is 2. The van der Waals surface area contributed by atoms with Crippen LogP contribution < -0.4 is 9.47 Å². The number of halogens is 1. The van der Waals surface area contributed by atoms with Gasteiger partial charge < -0.3 is 14.6 Å². The van der Waals surface area contributed by atoms with Gasteiger partial charge in [0.15, 0.2) is 11.5 Å². The van der Waals surface area contributed by atoms with Crippen molar-refractivity contribution in [3.8, 4) is 11.5 Å². The first-order valence-corrected chi connectivity index (χ1v) is 8.64. The summed E-state index contributed by atoms with van der Waals surface area (Å²) in [6.45, 7) is 5.81. The molecule has 27 heavy (non-hydrogen) atoms. The van der Waals surface area contributed by atoms with E-state index in [1.165, 1.54) is 6.07 Å². The summed E-state index contributed by atoms with van der Waals surface area (Å²) in [5.74, 6) is 0.255. The third-order valence-electron chi connectivity index (χ3n) is 3.71. The molecule has 2 aromatic carbocycles. The number of carboxylic acids is 1. The van der Waals surface area contributed by atoms with Gasteiger partial charge in [0.25, 0.3) is 0 Å². The smallest absolute Gasteiger partial charge is 0.337 e. The van der Waals surface area contributed by atoms with Crippen molar-refractivity contribution < 1.29 is 19.4 Å². The Hall–Kier alpha value is -2.86. The topological polar surface area (TPSA) is 80.5 Å². The summed E-state index contributed by atoms with van der Waals surface area (Å²) in [5, 5.41) is 9.81. The number of carbonyl (C=O) groups is 1. The molecule has 3 rings (SSSR count). The quantitative estimate of drug-likeness (QED) is 0.824. The first-order valence-electron chi connectivity index (χ1n) is 8.26. The second kappa shape index (κ2) is 7.04. The highest BCUT2D eigenvalue weighted by atomic mass is 35.5. The van der Waals surface area contributed by atoms with Crippen molar-refractivity contribution in [2.45, 2.75) is 26.3 Å². The van der Waals surface area contributed by atoms with Crippen molar-refractivity contribution in [1.29, 1.82) is 0 Å². The maximum atomic E-state index is 11.6. The van der Waals surface area contributed by atoms with E-state index in [1.807, 2.05) is 32.9 Å². The molecule has 1 aliphatic heterocycles. The Balaban J connectivity index is 2.24. The molecule has 0 atom stereocenters. The van der Waals surface area contributed by atoms with Gasteiger partial charge in [0.2, 0.25) is 5.90 Å². The van der Waals surface area contributed by atoms with Crippen molar-refractivity contribution in [1.82, 2.24) is 0 Å². The molecule has 0 saturated heterocycles. The molecule has 2 aromatic rings. The summed E-state index contributed by atoms with van der Waals surface area (Å²) < 4.78 is 11.3. The van der Waals surface area contributed by atoms with E-state index in [4.69, 9.17) is 21.1 Å². The molecule has 0 amide bonds. The van der Waals surface area contributed by atoms with Crippen LogP contribution in [0.2, 0.25) is 5.02 Å². The van der Waals surface area contributed by atoms with E-state index >= 15 is 0 Å². The van der Waals surface area contributed by atoms with Gasteiger partial charge >= 0.3 is 5.97 Å². The molecule has 0 radical (unpaired) electrons. The molecule has 0 fully saturated rings. The molecule has 0 bridgehead atoms. The molecule has 7 heteroatoms. The highest BCUT2D eigenvalue weighted by molar-refractivity contribution is 6.49. The average molecular weight is 387 g/mol. The molecule has 1 heterocycles. The SMILES string of the molecule is COc1cccc2c1OC(=NC(C)(C)C)C2=Nc1ccc(Cl)cc1C(=O)O. The predicted molar refractivity (Wildman–Crippen MR) is 105 cm³/mol. The molecule has 1 N–H and O–H groups in total. The maximum Gasteiger partial charge on any atom is 0.337 e. The van der Waals surface area contributed by atoms with E-state index < -0.39 is 11.5 Å². The van der Waals surface area contributed by atoms with Crippen LogP contribution in [-0.4, -0.2) is 35.3 Å². The number of ether oxygens (including phenoxy) is 2. The Morgan fingerprint density at radius 2 is 1.96 bits per heavy atom. The lowest BCUT2D eigenvalue weighted by atomic mass is 10.1. The summed E-state index contributed by atoms with van der Waals surface area (Å²) >= 11 is 5.94. The molecular formula is C20H19ClN2O4. The fraction of sp³-hybridized carbons (Fsp3) is 0.250. The fourth-order valence-corrected chi connectivity index (χ4v) is 2.79. The number of rotatable bonds is 3. The van der Waals surface area contributed by atoms with Gasteiger partial charge in [-0.3, -0.25) is 0 Å². The van der Waals surface area contributed by atoms with Crippen LogP contribution in [0.15, 0.2) is 46.4 Å². The van der Waals surface area contributed by atoms with Gasteiger partial charge in [-0.25, -0.2) is 14.8 Å². The van der Waals surface area contributed by atoms with E-state index in [0.717, 1.165) is 0 Å². The lowest BCUT2D eigenvalue weighted by molar-refractivity contribution is 0.0698. The summed E-state index contributed by atoms with van der Waals surface area (Å²) in [7, 11) is 1.55. The first-order chi connectivity index (χ1) is 12.7. The second-order valence-electron chi connectivity index (χ2n) is 6.95. The van der Waals surface area contributed by atoms with Crippen LogP contribution in [0.1, 0.15) is 36.7 Å². The van der Waals surface area contributed by atoms with Crippen molar-refractivity contribution >= 4 is 34.9 Å². The monoisotopic (exact) mass is 386 g/mol. The molecule has 0 aliphatic carbocycles. The van der Waals surface area contributed by atoms with Crippen molar-refractivity contribution in [2.75, 3.05) is 7.11 Å². The number of carboxylic acid groups (broad SMARTS) is 1. The van der Waals surface area contributed by atoms with E-state index in [-0.39, 0.29) is 11.3 Å². The standard InChI is InChI=1S/C20H19ClN2O4/c1-20(2,3)23-18-16(12-6-5-7-15(26-4)17(12)27-18)22-14-9-8-11(21)10-13(14)19(24)25/h5-10H,1-4H3,(H,24,25). The fourth-order valence-electron chi connectivity index (χ4n) is 2.61. The lowest BCUT2D eigenvalue weighted by Crippen LogP contribution is -2.21. The van der Waals surface area contributed by atoms with E-state index in [9.17, 15) is 9.90 Å². The molecule has 0 aromatic heterocycles. The highest BCUT2D eigenvalue weighted by Crippen LogP contribution is 2.38. The van der Waals surface area contributed by atoms with E-state index in [1.54, 1.807) is 25.3 Å². The largest absolute Gasteiger partial charge is 0.493 e. The number of nitrogens with zero attached hydrogens (tertiary/aromatic N) is 2. The predicted octanol–water partition coefficient (Wildman–Crippen LogP) is 4.76. The van der Waals surface area contributed by atoms with Crippen molar-refractivity contribution in [2.24, 2.45) is 9.98 Å². The Kier molecular flexibility index (Phi) is 4.93. The molecular weight excluding hydrogens is 368 g/mol. The number of aromatic carboxylic acids is 1. The van der Waals surface area contributed by atoms with Crippen LogP contribution in [0.25, 0.3) is 0 Å². The van der Waals surface area contributed by atoms with Crippen LogP contribution in [0, 0.1) is 0 Å². The number of benzene rings is 2. The normalized spacial score (nSPS) is 16.3. The third-order valence-corrected chi connectivity index (χ3v) is 3.95. The summed E-state index contributed by atoms with van der Waals surface area (Å²) in [5.41, 5.74) is 0.984. The maximum absolute atomic E-state index is 11.6. The van der Waals surface area contributed by atoms with Crippen LogP contribution in [0.4, 0.5) is 5.69 Å². The number of hydrogen-bond acceptors (Lipinski definition) is 5. The molecule has 0 saturated carbocycles. The zero-order valence-corrected chi connectivity index (χ0v) is 16.2. The summed E-state index contributed by atoms with van der Waals surface area (Å²) in [4.78, 5) is 20.8. The number of para-hydroxylation sites is 1. The molecule has 0 spiro atoms. The lowest BCUT2D eigenvalue weighted by Gasteiger charge is -2.13. The van der Waals surface area contributed by atoms with Crippen LogP contribution in [0.3, 0.4) is 0 Å². The summed E-state index contributed by atoms with van der Waals surface area (Å²) in [6, 6.07) is 9.95. The average Bonchev–Trinajstić information content (AvgIpc) is 2.91. The zero-order chi connectivity index (χ0) is 19.8. The minimum Gasteiger partial charge on any atom is -0.493 e. The van der Waals surface area contributed by atoms with Crippen LogP contribution in [-0.2, 0) is 0 Å². The van der Waals surface area contributed by atoms with Crippen LogP contribution >= 0.6 is 11.6 Å². The Morgan fingerprint density at radius 3 is 2.59 bits per heavy atom. The molecule has 1 aliphatic rings. The van der Waals surface area contributed by atoms with Gasteiger partial charge in [-0.15, -0.1) is 0 Å². The first kappa shape index (κ1) is 18.9. The van der Waals surface area contributed by atoms with Gasteiger partial charge in [-0.05, 0) is 51.1 Å². The second-order valence-corrected chi connectivity index (χ2v) is 7.39. The van der Waals surface area contributed by atoms with Gasteiger partial charge in [0, 0.05) is 5.02 Å². The van der Waals surface area contributed by atoms with E-state index in [0.29, 0.717) is 33.7 Å². The van der Waals surface area contributed by atoms with Crippen molar-refractivity contribution in [3.05, 3.63) is 52.5 Å². The minimum atomic E-state index is -1.11. The minimum absolute atomic E-state index is 0.00135. The molecule has 6 nitrogen and oxygen atoms in total. The number of methoxy groups -OCH3 is 1. The van der Waals surface area contributed by atoms with Gasteiger partial charge in [0.05, 0.1) is 29.5 Å². The molecule has 0 unspecified atom stereocenters. The Bertz CT molecular complexity index is 974. The van der Waals surface area contributed by atoms with Crippen molar-refractivity contribution in [3.63, 3.8) is 0 Å². The number of hydrogen-bond donors (Lipinski definition) is 1. The zero-order valence-electron chi connectivity index (χ0n) is 15.4. The van der Waals surface area contributed by atoms with E-state index in [2.05, 4.69) is 9.98 Å². The van der Waals surface area contributed by atoms with Gasteiger partial charge in [-0.2, -0.15) is 0 Å². The third kappa shape index (κ3) is 3.95. The Morgan fingerprint density at radius 1 is 1.22 bits per heavy atom. The van der Waals surface area contributed by atoms with Gasteiger partial charge in [-0.1, -0.05) is 17.7 Å². The summed E-state index contributed by atoms with van der Waals surface area (Å²) in [6.07, 6.45) is 0. The van der Waals surface area contributed by atoms with Crippen LogP contribution in [0.5, 0.6) is 11.5 Å². The Labute approximate surface area is 162 Å². The number of fused-ring (bicyclic) bond motifs is 1. The molecule has 140 valence electrons.